The summed E-state index contributed by atoms with van der Waals surface area (Å²) in [5, 5.41) is 8.32. The largest absolute Gasteiger partial charge is 0.370 e. The maximum absolute atomic E-state index is 4.84. The van der Waals surface area contributed by atoms with Crippen molar-refractivity contribution in [1.29, 1.82) is 0 Å². The van der Waals surface area contributed by atoms with Crippen LogP contribution in [0.5, 0.6) is 0 Å². The summed E-state index contributed by atoms with van der Waals surface area (Å²) in [6.07, 6.45) is 4.00. The van der Waals surface area contributed by atoms with E-state index < -0.39 is 0 Å². The number of nitrogens with zero attached hydrogens (tertiary/aromatic N) is 2. The van der Waals surface area contributed by atoms with E-state index in [4.69, 9.17) is 5.10 Å². The lowest BCUT2D eigenvalue weighted by Crippen LogP contribution is -2.24. The maximum atomic E-state index is 4.84. The molecule has 18 heavy (non-hydrogen) atoms. The third kappa shape index (κ3) is 1.67. The topological polar surface area (TPSA) is 29.9 Å². The number of aryl methyl sites for hydroxylation is 1. The van der Waals surface area contributed by atoms with Gasteiger partial charge in [-0.15, -0.1) is 11.3 Å². The monoisotopic (exact) mass is 259 g/mol. The first-order valence-corrected chi connectivity index (χ1v) is 7.53. The number of rotatable bonds is 2. The second-order valence-corrected chi connectivity index (χ2v) is 6.68. The van der Waals surface area contributed by atoms with Crippen molar-refractivity contribution < 1.29 is 0 Å². The molecular weight excluding hydrogens is 242 g/mol. The number of hydrogen-bond donors (Lipinski definition) is 1. The zero-order valence-corrected chi connectivity index (χ0v) is 11.3. The Hall–Kier alpha value is -1.29. The van der Waals surface area contributed by atoms with Crippen molar-refractivity contribution in [2.75, 3.05) is 11.9 Å². The highest BCUT2D eigenvalue weighted by atomic mass is 32.1. The molecule has 2 aromatic heterocycles. The molecule has 1 N–H and O–H groups in total. The number of hydrogen-bond acceptors (Lipinski definition) is 3. The van der Waals surface area contributed by atoms with Crippen LogP contribution in [0, 0.1) is 12.8 Å². The van der Waals surface area contributed by atoms with E-state index in [1.807, 2.05) is 11.3 Å². The van der Waals surface area contributed by atoms with Crippen LogP contribution in [0.15, 0.2) is 18.2 Å². The van der Waals surface area contributed by atoms with Crippen LogP contribution in [0.3, 0.4) is 0 Å². The Bertz CT molecular complexity index is 580. The number of anilines is 1. The molecule has 1 fully saturated rings. The minimum Gasteiger partial charge on any atom is -0.370 e. The van der Waals surface area contributed by atoms with Gasteiger partial charge < -0.3 is 5.32 Å². The summed E-state index contributed by atoms with van der Waals surface area (Å²) in [4.78, 5) is 2.63. The summed E-state index contributed by atoms with van der Waals surface area (Å²) >= 11 is 1.83. The van der Waals surface area contributed by atoms with Crippen molar-refractivity contribution in [1.82, 2.24) is 9.78 Å². The quantitative estimate of drug-likeness (QED) is 0.891. The molecule has 2 aromatic rings. The Morgan fingerprint density at radius 2 is 2.22 bits per heavy atom. The molecule has 0 bridgehead atoms. The highest BCUT2D eigenvalue weighted by Crippen LogP contribution is 2.44. The van der Waals surface area contributed by atoms with E-state index in [1.54, 1.807) is 0 Å². The van der Waals surface area contributed by atoms with Gasteiger partial charge >= 0.3 is 0 Å². The Labute approximate surface area is 111 Å². The molecule has 1 atom stereocenters. The lowest BCUT2D eigenvalue weighted by molar-refractivity contribution is 0.376. The van der Waals surface area contributed by atoms with E-state index >= 15 is 0 Å². The first-order valence-electron chi connectivity index (χ1n) is 6.71. The first kappa shape index (κ1) is 10.6. The van der Waals surface area contributed by atoms with Crippen LogP contribution < -0.4 is 5.32 Å². The van der Waals surface area contributed by atoms with Crippen molar-refractivity contribution in [2.45, 2.75) is 32.2 Å². The molecule has 2 aliphatic rings. The van der Waals surface area contributed by atoms with Gasteiger partial charge in [-0.3, -0.25) is 0 Å². The Kier molecular flexibility index (Phi) is 2.27. The van der Waals surface area contributed by atoms with Gasteiger partial charge in [-0.05, 0) is 44.2 Å². The summed E-state index contributed by atoms with van der Waals surface area (Å²) in [5.41, 5.74) is 1.13. The van der Waals surface area contributed by atoms with Gasteiger partial charge in [0.15, 0.2) is 0 Å². The van der Waals surface area contributed by atoms with Crippen LogP contribution >= 0.6 is 11.3 Å². The average molecular weight is 259 g/mol. The minimum absolute atomic E-state index is 0.635. The molecule has 1 unspecified atom stereocenters. The first-order chi connectivity index (χ1) is 8.81. The third-order valence-electron chi connectivity index (χ3n) is 3.96. The fourth-order valence-corrected chi connectivity index (χ4v) is 3.68. The summed E-state index contributed by atoms with van der Waals surface area (Å²) in [7, 11) is 0. The lowest BCUT2D eigenvalue weighted by atomic mass is 10.1. The van der Waals surface area contributed by atoms with Crippen LogP contribution in [-0.4, -0.2) is 16.3 Å². The molecule has 0 spiro atoms. The Morgan fingerprint density at radius 1 is 1.33 bits per heavy atom. The molecule has 0 aromatic carbocycles. The van der Waals surface area contributed by atoms with Crippen molar-refractivity contribution in [3.8, 4) is 10.6 Å². The molecule has 3 nitrogen and oxygen atoms in total. The number of thiophene rings is 1. The lowest BCUT2D eigenvalue weighted by Gasteiger charge is -2.25. The van der Waals surface area contributed by atoms with E-state index in [-0.39, 0.29) is 0 Å². The zero-order valence-electron chi connectivity index (χ0n) is 10.5. The van der Waals surface area contributed by atoms with E-state index in [0.717, 1.165) is 18.2 Å². The molecule has 1 aliphatic heterocycles. The average Bonchev–Trinajstić information content (AvgIpc) is 2.96. The third-order valence-corrected chi connectivity index (χ3v) is 4.98. The van der Waals surface area contributed by atoms with E-state index in [2.05, 4.69) is 35.1 Å². The minimum atomic E-state index is 0.635. The van der Waals surface area contributed by atoms with Crippen LogP contribution in [0.4, 0.5) is 5.82 Å². The normalized spacial score (nSPS) is 22.6. The predicted octanol–water partition coefficient (Wildman–Crippen LogP) is 3.69. The highest BCUT2D eigenvalue weighted by molar-refractivity contribution is 7.15. The molecule has 4 heteroatoms. The number of aromatic nitrogens is 2. The van der Waals surface area contributed by atoms with Crippen molar-refractivity contribution in [3.05, 3.63) is 23.1 Å². The van der Waals surface area contributed by atoms with Gasteiger partial charge in [-0.2, -0.15) is 5.10 Å². The van der Waals surface area contributed by atoms with Gasteiger partial charge in [-0.25, -0.2) is 4.68 Å². The van der Waals surface area contributed by atoms with Crippen molar-refractivity contribution in [2.24, 2.45) is 5.92 Å². The van der Waals surface area contributed by atoms with Crippen molar-refractivity contribution >= 4 is 17.2 Å². The van der Waals surface area contributed by atoms with Crippen LogP contribution in [-0.2, 0) is 0 Å². The molecular formula is C14H17N3S. The van der Waals surface area contributed by atoms with E-state index in [9.17, 15) is 0 Å². The zero-order chi connectivity index (χ0) is 12.1. The smallest absolute Gasteiger partial charge is 0.125 e. The standard InChI is InChI=1S/C14H17N3S/c1-9-2-5-13(18-9)11-8-14-15-7-6-12(10-3-4-10)17(14)16-11/h2,5,8,10,12,15H,3-4,6-7H2,1H3. The summed E-state index contributed by atoms with van der Waals surface area (Å²) in [5.74, 6) is 2.09. The van der Waals surface area contributed by atoms with Crippen LogP contribution in [0.2, 0.25) is 0 Å². The second-order valence-electron chi connectivity index (χ2n) is 5.39. The molecule has 1 saturated carbocycles. The fraction of sp³-hybridized carbons (Fsp3) is 0.500. The van der Waals surface area contributed by atoms with Gasteiger partial charge in [0, 0.05) is 17.5 Å². The Balaban J connectivity index is 1.74. The van der Waals surface area contributed by atoms with Crippen LogP contribution in [0.25, 0.3) is 10.6 Å². The molecule has 3 heterocycles. The number of fused-ring (bicyclic) bond motifs is 1. The fourth-order valence-electron chi connectivity index (χ4n) is 2.86. The molecule has 0 radical (unpaired) electrons. The Morgan fingerprint density at radius 3 is 2.94 bits per heavy atom. The number of nitrogens with one attached hydrogen (secondary N) is 1. The van der Waals surface area contributed by atoms with Gasteiger partial charge in [0.2, 0.25) is 0 Å². The molecule has 0 saturated heterocycles. The van der Waals surface area contributed by atoms with E-state index in [1.165, 1.54) is 34.8 Å². The van der Waals surface area contributed by atoms with Gasteiger partial charge in [0.05, 0.1) is 10.9 Å². The van der Waals surface area contributed by atoms with Crippen LogP contribution in [0.1, 0.15) is 30.2 Å². The second kappa shape index (κ2) is 3.85. The van der Waals surface area contributed by atoms with Gasteiger partial charge in [0.1, 0.15) is 11.5 Å². The van der Waals surface area contributed by atoms with Gasteiger partial charge in [0.25, 0.3) is 0 Å². The predicted molar refractivity (Wildman–Crippen MR) is 75.1 cm³/mol. The van der Waals surface area contributed by atoms with Gasteiger partial charge in [-0.1, -0.05) is 0 Å². The summed E-state index contributed by atoms with van der Waals surface area (Å²) in [6, 6.07) is 7.20. The molecule has 1 aliphatic carbocycles. The molecule has 4 rings (SSSR count). The summed E-state index contributed by atoms with van der Waals surface area (Å²) in [6.45, 7) is 3.24. The van der Waals surface area contributed by atoms with Crippen molar-refractivity contribution in [3.63, 3.8) is 0 Å². The highest BCUT2D eigenvalue weighted by Gasteiger charge is 2.35. The molecule has 0 amide bonds. The summed E-state index contributed by atoms with van der Waals surface area (Å²) < 4.78 is 2.24. The maximum Gasteiger partial charge on any atom is 0.125 e. The SMILES string of the molecule is Cc1ccc(-c2cc3n(n2)C(C2CC2)CCN3)s1. The molecule has 94 valence electrons. The van der Waals surface area contributed by atoms with E-state index in [0.29, 0.717) is 6.04 Å².